The first-order chi connectivity index (χ1) is 12.5. The fourth-order valence-corrected chi connectivity index (χ4v) is 2.94. The Morgan fingerprint density at radius 3 is 2.15 bits per heavy atom. The molecule has 0 aliphatic carbocycles. The van der Waals surface area contributed by atoms with Crippen LogP contribution in [0.5, 0.6) is 0 Å². The SMILES string of the molecule is CCO/N=C(/C)c1cc(-c2ccc(F)cc2)n(-c2ccc(F)cc2)c1C. The van der Waals surface area contributed by atoms with Crippen molar-refractivity contribution in [3.63, 3.8) is 0 Å². The third-order valence-electron chi connectivity index (χ3n) is 4.19. The maximum atomic E-state index is 13.4. The van der Waals surface area contributed by atoms with Gasteiger partial charge in [0.25, 0.3) is 0 Å². The lowest BCUT2D eigenvalue weighted by Crippen LogP contribution is -2.02. The molecule has 0 atom stereocenters. The van der Waals surface area contributed by atoms with Gasteiger partial charge in [-0.3, -0.25) is 0 Å². The van der Waals surface area contributed by atoms with E-state index in [9.17, 15) is 8.78 Å². The predicted octanol–water partition coefficient (Wildman–Crippen LogP) is 5.49. The lowest BCUT2D eigenvalue weighted by atomic mass is 10.1. The number of nitrogens with zero attached hydrogens (tertiary/aromatic N) is 2. The molecule has 134 valence electrons. The Hall–Kier alpha value is -2.95. The molecule has 0 aliphatic rings. The van der Waals surface area contributed by atoms with Gasteiger partial charge in [0.2, 0.25) is 0 Å². The average molecular weight is 354 g/mol. The van der Waals surface area contributed by atoms with Crippen LogP contribution in [0.4, 0.5) is 8.78 Å². The number of hydrogen-bond donors (Lipinski definition) is 0. The molecule has 0 saturated heterocycles. The van der Waals surface area contributed by atoms with Crippen LogP contribution in [0.25, 0.3) is 16.9 Å². The fraction of sp³-hybridized carbons (Fsp3) is 0.190. The smallest absolute Gasteiger partial charge is 0.123 e. The molecule has 0 N–H and O–H groups in total. The highest BCUT2D eigenvalue weighted by Gasteiger charge is 2.17. The third kappa shape index (κ3) is 3.52. The molecular weight excluding hydrogens is 334 g/mol. The molecule has 0 fully saturated rings. The molecule has 0 bridgehead atoms. The van der Waals surface area contributed by atoms with Crippen molar-refractivity contribution in [2.24, 2.45) is 5.16 Å². The highest BCUT2D eigenvalue weighted by atomic mass is 19.1. The van der Waals surface area contributed by atoms with Gasteiger partial charge in [-0.2, -0.15) is 0 Å². The van der Waals surface area contributed by atoms with Crippen molar-refractivity contribution in [1.82, 2.24) is 4.57 Å². The summed E-state index contributed by atoms with van der Waals surface area (Å²) >= 11 is 0. The number of oxime groups is 1. The van der Waals surface area contributed by atoms with Crippen molar-refractivity contribution in [3.8, 4) is 16.9 Å². The topological polar surface area (TPSA) is 26.5 Å². The number of halogens is 2. The Kier molecular flexibility index (Phi) is 5.16. The number of aromatic nitrogens is 1. The van der Waals surface area contributed by atoms with Gasteiger partial charge >= 0.3 is 0 Å². The van der Waals surface area contributed by atoms with Gasteiger partial charge in [-0.1, -0.05) is 5.16 Å². The van der Waals surface area contributed by atoms with Gasteiger partial charge < -0.3 is 9.40 Å². The van der Waals surface area contributed by atoms with Crippen LogP contribution in [0, 0.1) is 18.6 Å². The number of rotatable bonds is 5. The summed E-state index contributed by atoms with van der Waals surface area (Å²) in [6.07, 6.45) is 0. The van der Waals surface area contributed by atoms with Gasteiger partial charge in [-0.25, -0.2) is 8.78 Å². The minimum Gasteiger partial charge on any atom is -0.396 e. The molecule has 3 aromatic rings. The second kappa shape index (κ2) is 7.52. The summed E-state index contributed by atoms with van der Waals surface area (Å²) in [6.45, 7) is 6.20. The van der Waals surface area contributed by atoms with Crippen LogP contribution in [0.3, 0.4) is 0 Å². The molecule has 3 rings (SSSR count). The molecule has 0 amide bonds. The lowest BCUT2D eigenvalue weighted by Gasteiger charge is -2.12. The second-order valence-electron chi connectivity index (χ2n) is 5.94. The van der Waals surface area contributed by atoms with Crippen molar-refractivity contribution in [2.45, 2.75) is 20.8 Å². The molecule has 1 aromatic heterocycles. The lowest BCUT2D eigenvalue weighted by molar-refractivity contribution is 0.159. The van der Waals surface area contributed by atoms with Crippen molar-refractivity contribution in [2.75, 3.05) is 6.61 Å². The van der Waals surface area contributed by atoms with E-state index >= 15 is 0 Å². The molecule has 0 aliphatic heterocycles. The van der Waals surface area contributed by atoms with E-state index in [1.807, 2.05) is 31.4 Å². The van der Waals surface area contributed by atoms with E-state index in [1.165, 1.54) is 24.3 Å². The van der Waals surface area contributed by atoms with E-state index in [0.29, 0.717) is 6.61 Å². The van der Waals surface area contributed by atoms with Crippen LogP contribution < -0.4 is 0 Å². The summed E-state index contributed by atoms with van der Waals surface area (Å²) in [6, 6.07) is 14.6. The van der Waals surface area contributed by atoms with Crippen LogP contribution in [0.2, 0.25) is 0 Å². The van der Waals surface area contributed by atoms with Crippen molar-refractivity contribution >= 4 is 5.71 Å². The molecule has 26 heavy (non-hydrogen) atoms. The normalized spacial score (nSPS) is 11.7. The first kappa shape index (κ1) is 17.9. The molecular formula is C21H20F2N2O. The van der Waals surface area contributed by atoms with Crippen LogP contribution in [-0.2, 0) is 4.84 Å². The van der Waals surface area contributed by atoms with E-state index < -0.39 is 0 Å². The Balaban J connectivity index is 2.20. The van der Waals surface area contributed by atoms with Crippen LogP contribution in [0.15, 0.2) is 59.8 Å². The summed E-state index contributed by atoms with van der Waals surface area (Å²) in [5.41, 5.74) is 5.15. The monoisotopic (exact) mass is 354 g/mol. The average Bonchev–Trinajstić information content (AvgIpc) is 2.98. The van der Waals surface area contributed by atoms with Gasteiger partial charge in [0.05, 0.1) is 11.4 Å². The van der Waals surface area contributed by atoms with E-state index in [-0.39, 0.29) is 11.6 Å². The molecule has 5 heteroatoms. The van der Waals surface area contributed by atoms with Gasteiger partial charge in [-0.05, 0) is 80.9 Å². The summed E-state index contributed by atoms with van der Waals surface area (Å²) in [5.74, 6) is -0.587. The zero-order valence-electron chi connectivity index (χ0n) is 15.0. The summed E-state index contributed by atoms with van der Waals surface area (Å²) in [5, 5.41) is 4.13. The van der Waals surface area contributed by atoms with E-state index in [1.54, 1.807) is 24.3 Å². The van der Waals surface area contributed by atoms with E-state index in [4.69, 9.17) is 4.84 Å². The van der Waals surface area contributed by atoms with Crippen molar-refractivity contribution in [3.05, 3.63) is 77.5 Å². The molecule has 2 aromatic carbocycles. The summed E-state index contributed by atoms with van der Waals surface area (Å²) < 4.78 is 28.7. The Labute approximate surface area is 151 Å². The molecule has 0 unspecified atom stereocenters. The van der Waals surface area contributed by atoms with Gasteiger partial charge in [0.15, 0.2) is 0 Å². The first-order valence-electron chi connectivity index (χ1n) is 8.42. The first-order valence-corrected chi connectivity index (χ1v) is 8.42. The Morgan fingerprint density at radius 1 is 1.00 bits per heavy atom. The molecule has 0 radical (unpaired) electrons. The quantitative estimate of drug-likeness (QED) is 0.439. The molecule has 1 heterocycles. The maximum absolute atomic E-state index is 13.4. The third-order valence-corrected chi connectivity index (χ3v) is 4.19. The number of benzene rings is 2. The maximum Gasteiger partial charge on any atom is 0.123 e. The van der Waals surface area contributed by atoms with Gasteiger partial charge in [0.1, 0.15) is 18.2 Å². The zero-order valence-corrected chi connectivity index (χ0v) is 15.0. The number of hydrogen-bond acceptors (Lipinski definition) is 2. The largest absolute Gasteiger partial charge is 0.396 e. The highest BCUT2D eigenvalue weighted by Crippen LogP contribution is 2.30. The minimum absolute atomic E-state index is 0.292. The van der Waals surface area contributed by atoms with Gasteiger partial charge in [0, 0.05) is 16.9 Å². The van der Waals surface area contributed by atoms with Crippen molar-refractivity contribution < 1.29 is 13.6 Å². The Morgan fingerprint density at radius 2 is 1.58 bits per heavy atom. The fourth-order valence-electron chi connectivity index (χ4n) is 2.94. The van der Waals surface area contributed by atoms with E-state index in [2.05, 4.69) is 5.16 Å². The summed E-state index contributed by atoms with van der Waals surface area (Å²) in [4.78, 5) is 5.18. The minimum atomic E-state index is -0.295. The molecule has 0 spiro atoms. The zero-order chi connectivity index (χ0) is 18.7. The predicted molar refractivity (Wildman–Crippen MR) is 99.7 cm³/mol. The second-order valence-corrected chi connectivity index (χ2v) is 5.94. The molecule has 3 nitrogen and oxygen atoms in total. The Bertz CT molecular complexity index is 926. The van der Waals surface area contributed by atoms with Crippen LogP contribution in [-0.4, -0.2) is 16.9 Å². The van der Waals surface area contributed by atoms with Gasteiger partial charge in [-0.15, -0.1) is 0 Å². The van der Waals surface area contributed by atoms with Crippen molar-refractivity contribution in [1.29, 1.82) is 0 Å². The highest BCUT2D eigenvalue weighted by molar-refractivity contribution is 6.01. The van der Waals surface area contributed by atoms with Crippen LogP contribution in [0.1, 0.15) is 25.1 Å². The van der Waals surface area contributed by atoms with Crippen LogP contribution >= 0.6 is 0 Å². The van der Waals surface area contributed by atoms with E-state index in [0.717, 1.165) is 33.9 Å². The summed E-state index contributed by atoms with van der Waals surface area (Å²) in [7, 11) is 0. The molecule has 0 saturated carbocycles. The standard InChI is InChI=1S/C21H20F2N2O/c1-4-26-24-14(2)20-13-21(16-5-7-17(22)8-6-16)25(15(20)3)19-11-9-18(23)10-12-19/h5-13H,4H2,1-3H3/b24-14-.